The quantitative estimate of drug-likeness (QED) is 0.134. The van der Waals surface area contributed by atoms with Crippen molar-refractivity contribution in [2.75, 3.05) is 19.8 Å². The number of ether oxygens (including phenoxy) is 3. The molecule has 0 spiro atoms. The van der Waals surface area contributed by atoms with Crippen LogP contribution in [0.2, 0.25) is 0 Å². The monoisotopic (exact) mass is 610 g/mol. The standard InChI is InChI=1S/C38H49F3O3/c1-3-5-7-8-12-24-42-35-23-22-33(37(40)38(35)41)31-19-17-30(18-20-31)32-21-16-28(25-34(32)39)13-10-11-14-29-26-43-36(44-27-29)15-9-6-4-2/h16-23,25,29,36H,3-15,24,26-27H2,1-2H3. The van der Waals surface area contributed by atoms with Crippen molar-refractivity contribution in [3.63, 3.8) is 0 Å². The Morgan fingerprint density at radius 1 is 0.659 bits per heavy atom. The summed E-state index contributed by atoms with van der Waals surface area (Å²) in [6.07, 6.45) is 13.7. The molecule has 0 unspecified atom stereocenters. The van der Waals surface area contributed by atoms with Gasteiger partial charge in [0, 0.05) is 17.0 Å². The summed E-state index contributed by atoms with van der Waals surface area (Å²) in [5, 5.41) is 0. The number of aryl methyl sites for hydroxylation is 1. The molecule has 1 saturated heterocycles. The summed E-state index contributed by atoms with van der Waals surface area (Å²) in [7, 11) is 0. The van der Waals surface area contributed by atoms with E-state index >= 15 is 4.39 Å². The first-order valence-electron chi connectivity index (χ1n) is 16.7. The SMILES string of the molecule is CCCCCCCOc1ccc(-c2ccc(-c3ccc(CCCCC4COC(CCCCC)OC4)cc3F)cc2)c(F)c1F. The van der Waals surface area contributed by atoms with Gasteiger partial charge in [0.05, 0.1) is 19.8 Å². The third kappa shape index (κ3) is 10.1. The van der Waals surface area contributed by atoms with Crippen LogP contribution in [0.4, 0.5) is 13.2 Å². The van der Waals surface area contributed by atoms with Crippen LogP contribution in [-0.2, 0) is 15.9 Å². The predicted molar refractivity (Wildman–Crippen MR) is 172 cm³/mol. The van der Waals surface area contributed by atoms with Gasteiger partial charge in [-0.3, -0.25) is 0 Å². The van der Waals surface area contributed by atoms with Crippen molar-refractivity contribution in [1.29, 1.82) is 0 Å². The van der Waals surface area contributed by atoms with E-state index in [2.05, 4.69) is 13.8 Å². The van der Waals surface area contributed by atoms with Gasteiger partial charge in [0.1, 0.15) is 5.82 Å². The topological polar surface area (TPSA) is 27.7 Å². The third-order valence-electron chi connectivity index (χ3n) is 8.50. The van der Waals surface area contributed by atoms with Crippen LogP contribution in [0.15, 0.2) is 54.6 Å². The molecule has 6 heteroatoms. The molecule has 3 aromatic rings. The van der Waals surface area contributed by atoms with Gasteiger partial charge in [0.2, 0.25) is 5.82 Å². The smallest absolute Gasteiger partial charge is 0.201 e. The maximum absolute atomic E-state index is 15.1. The van der Waals surface area contributed by atoms with E-state index in [9.17, 15) is 8.78 Å². The average molecular weight is 611 g/mol. The molecule has 0 saturated carbocycles. The molecule has 240 valence electrons. The number of hydrogen-bond donors (Lipinski definition) is 0. The summed E-state index contributed by atoms with van der Waals surface area (Å²) in [5.41, 5.74) is 2.81. The first kappa shape index (κ1) is 34.1. The van der Waals surface area contributed by atoms with Crippen LogP contribution in [0.25, 0.3) is 22.3 Å². The van der Waals surface area contributed by atoms with E-state index in [4.69, 9.17) is 14.2 Å². The lowest BCUT2D eigenvalue weighted by Crippen LogP contribution is -2.32. The van der Waals surface area contributed by atoms with E-state index in [-0.39, 0.29) is 23.4 Å². The van der Waals surface area contributed by atoms with Crippen molar-refractivity contribution in [3.8, 4) is 28.0 Å². The average Bonchev–Trinajstić information content (AvgIpc) is 3.04. The van der Waals surface area contributed by atoms with E-state index < -0.39 is 11.6 Å². The zero-order valence-corrected chi connectivity index (χ0v) is 26.5. The van der Waals surface area contributed by atoms with Gasteiger partial charge in [0.15, 0.2) is 17.9 Å². The van der Waals surface area contributed by atoms with Gasteiger partial charge >= 0.3 is 0 Å². The maximum atomic E-state index is 15.1. The van der Waals surface area contributed by atoms with E-state index in [1.165, 1.54) is 31.4 Å². The summed E-state index contributed by atoms with van der Waals surface area (Å²) in [6.45, 7) is 6.24. The largest absolute Gasteiger partial charge is 0.490 e. The highest BCUT2D eigenvalue weighted by Gasteiger charge is 2.21. The van der Waals surface area contributed by atoms with Gasteiger partial charge in [0.25, 0.3) is 0 Å². The lowest BCUT2D eigenvalue weighted by molar-refractivity contribution is -0.204. The fraction of sp³-hybridized carbons (Fsp3) is 0.526. The molecule has 44 heavy (non-hydrogen) atoms. The fourth-order valence-electron chi connectivity index (χ4n) is 5.77. The number of rotatable bonds is 18. The second-order valence-electron chi connectivity index (χ2n) is 12.1. The predicted octanol–water partition coefficient (Wildman–Crippen LogP) is 11.1. The normalized spacial score (nSPS) is 16.8. The molecule has 0 aliphatic carbocycles. The Morgan fingerprint density at radius 3 is 2.00 bits per heavy atom. The van der Waals surface area contributed by atoms with Crippen molar-refractivity contribution in [3.05, 3.63) is 77.6 Å². The van der Waals surface area contributed by atoms with Crippen LogP contribution in [0.1, 0.15) is 96.5 Å². The van der Waals surface area contributed by atoms with Gasteiger partial charge in [-0.05, 0) is 73.4 Å². The molecule has 0 bridgehead atoms. The maximum Gasteiger partial charge on any atom is 0.201 e. The van der Waals surface area contributed by atoms with E-state index in [0.29, 0.717) is 29.2 Å². The molecule has 4 rings (SSSR count). The molecule has 0 amide bonds. The molecule has 1 fully saturated rings. The molecule has 0 atom stereocenters. The van der Waals surface area contributed by atoms with Gasteiger partial charge in [-0.25, -0.2) is 8.78 Å². The molecule has 0 aromatic heterocycles. The van der Waals surface area contributed by atoms with Gasteiger partial charge in [-0.15, -0.1) is 0 Å². The minimum Gasteiger partial charge on any atom is -0.490 e. The molecule has 0 N–H and O–H groups in total. The van der Waals surface area contributed by atoms with Crippen LogP contribution >= 0.6 is 0 Å². The highest BCUT2D eigenvalue weighted by molar-refractivity contribution is 5.71. The van der Waals surface area contributed by atoms with Gasteiger partial charge in [-0.1, -0.05) is 95.2 Å². The Labute approximate surface area is 262 Å². The van der Waals surface area contributed by atoms with Crippen molar-refractivity contribution in [2.45, 2.75) is 104 Å². The zero-order valence-electron chi connectivity index (χ0n) is 26.5. The van der Waals surface area contributed by atoms with Gasteiger partial charge in [-0.2, -0.15) is 4.39 Å². The highest BCUT2D eigenvalue weighted by Crippen LogP contribution is 2.32. The molecule has 3 nitrogen and oxygen atoms in total. The Morgan fingerprint density at radius 2 is 1.30 bits per heavy atom. The third-order valence-corrected chi connectivity index (χ3v) is 8.50. The van der Waals surface area contributed by atoms with Crippen LogP contribution in [0.5, 0.6) is 5.75 Å². The second-order valence-corrected chi connectivity index (χ2v) is 12.1. The summed E-state index contributed by atoms with van der Waals surface area (Å²) >= 11 is 0. The van der Waals surface area contributed by atoms with Crippen LogP contribution in [-0.4, -0.2) is 26.1 Å². The Hall–Kier alpha value is -2.83. The first-order valence-corrected chi connectivity index (χ1v) is 16.7. The van der Waals surface area contributed by atoms with Crippen molar-refractivity contribution in [2.24, 2.45) is 5.92 Å². The molecule has 1 aliphatic rings. The Bertz CT molecular complexity index is 1270. The van der Waals surface area contributed by atoms with E-state index in [1.54, 1.807) is 36.4 Å². The van der Waals surface area contributed by atoms with Crippen molar-refractivity contribution in [1.82, 2.24) is 0 Å². The summed E-state index contributed by atoms with van der Waals surface area (Å²) in [5.74, 6) is -1.84. The minimum absolute atomic E-state index is 0.0409. The van der Waals surface area contributed by atoms with E-state index in [0.717, 1.165) is 83.0 Å². The molecular formula is C38H49F3O3. The molecule has 0 radical (unpaired) electrons. The summed E-state index contributed by atoms with van der Waals surface area (Å²) in [6, 6.07) is 15.3. The Kier molecular flexibility index (Phi) is 14.1. The van der Waals surface area contributed by atoms with Crippen LogP contribution < -0.4 is 4.74 Å². The Balaban J connectivity index is 1.24. The number of halogens is 3. The van der Waals surface area contributed by atoms with Crippen LogP contribution in [0, 0.1) is 23.4 Å². The zero-order chi connectivity index (χ0) is 31.1. The molecular weight excluding hydrogens is 561 g/mol. The highest BCUT2D eigenvalue weighted by atomic mass is 19.2. The van der Waals surface area contributed by atoms with Crippen LogP contribution in [0.3, 0.4) is 0 Å². The lowest BCUT2D eigenvalue weighted by atomic mass is 9.97. The lowest BCUT2D eigenvalue weighted by Gasteiger charge is -2.29. The summed E-state index contributed by atoms with van der Waals surface area (Å²) in [4.78, 5) is 0. The fourth-order valence-corrected chi connectivity index (χ4v) is 5.77. The first-order chi connectivity index (χ1) is 21.5. The molecule has 3 aromatic carbocycles. The number of benzene rings is 3. The van der Waals surface area contributed by atoms with E-state index in [1.807, 2.05) is 6.07 Å². The van der Waals surface area contributed by atoms with Gasteiger partial charge < -0.3 is 14.2 Å². The van der Waals surface area contributed by atoms with Crippen molar-refractivity contribution >= 4 is 0 Å². The minimum atomic E-state index is -0.978. The summed E-state index contributed by atoms with van der Waals surface area (Å²) < 4.78 is 62.0. The number of unbranched alkanes of at least 4 members (excludes halogenated alkanes) is 7. The molecule has 1 aliphatic heterocycles. The molecule has 1 heterocycles. The van der Waals surface area contributed by atoms with Crippen molar-refractivity contribution < 1.29 is 27.4 Å². The number of hydrogen-bond acceptors (Lipinski definition) is 3. The second kappa shape index (κ2) is 18.2.